The fraction of sp³-hybridized carbons (Fsp3) is 0.211. The van der Waals surface area contributed by atoms with E-state index in [1.807, 2.05) is 0 Å². The van der Waals surface area contributed by atoms with Gasteiger partial charge in [0.05, 0.1) is 28.4 Å². The van der Waals surface area contributed by atoms with Gasteiger partial charge in [0.1, 0.15) is 22.6 Å². The van der Waals surface area contributed by atoms with Crippen LogP contribution in [0.15, 0.2) is 39.5 Å². The molecule has 1 heterocycles. The first-order valence-electron chi connectivity index (χ1n) is 7.67. The van der Waals surface area contributed by atoms with E-state index in [1.54, 1.807) is 24.3 Å². The third kappa shape index (κ3) is 2.88. The molecule has 0 saturated carbocycles. The van der Waals surface area contributed by atoms with E-state index in [1.165, 1.54) is 34.5 Å². The van der Waals surface area contributed by atoms with E-state index in [-0.39, 0.29) is 16.9 Å². The number of fused-ring (bicyclic) bond motifs is 1. The molecule has 0 unspecified atom stereocenters. The summed E-state index contributed by atoms with van der Waals surface area (Å²) in [5.41, 5.74) is -0.104. The van der Waals surface area contributed by atoms with Gasteiger partial charge in [0.15, 0.2) is 11.5 Å². The number of phenols is 1. The Morgan fingerprint density at radius 1 is 0.846 bits per heavy atom. The van der Waals surface area contributed by atoms with Crippen LogP contribution in [-0.2, 0) is 0 Å². The molecule has 0 spiro atoms. The van der Waals surface area contributed by atoms with Crippen LogP contribution in [0.2, 0.25) is 0 Å². The summed E-state index contributed by atoms with van der Waals surface area (Å²) in [6.45, 7) is 0. The van der Waals surface area contributed by atoms with Gasteiger partial charge in [-0.05, 0) is 24.3 Å². The molecular formula is C19H18O7. The largest absolute Gasteiger partial charge is 0.507 e. The zero-order valence-corrected chi connectivity index (χ0v) is 14.8. The topological polar surface area (TPSA) is 87.4 Å². The molecule has 1 aromatic heterocycles. The first-order chi connectivity index (χ1) is 12.5. The third-order valence-electron chi connectivity index (χ3n) is 4.00. The van der Waals surface area contributed by atoms with Crippen LogP contribution >= 0.6 is 0 Å². The summed E-state index contributed by atoms with van der Waals surface area (Å²) >= 11 is 0. The van der Waals surface area contributed by atoms with Gasteiger partial charge in [-0.15, -0.1) is 0 Å². The lowest BCUT2D eigenvalue weighted by molar-refractivity contribution is 0.324. The van der Waals surface area contributed by atoms with Crippen LogP contribution in [0.5, 0.6) is 28.7 Å². The van der Waals surface area contributed by atoms with Gasteiger partial charge in [-0.25, -0.2) is 4.79 Å². The highest BCUT2D eigenvalue weighted by Gasteiger charge is 2.17. The molecule has 26 heavy (non-hydrogen) atoms. The molecule has 0 bridgehead atoms. The third-order valence-corrected chi connectivity index (χ3v) is 4.00. The summed E-state index contributed by atoms with van der Waals surface area (Å²) < 4.78 is 26.5. The van der Waals surface area contributed by atoms with Crippen molar-refractivity contribution in [1.29, 1.82) is 0 Å². The fourth-order valence-corrected chi connectivity index (χ4v) is 2.76. The van der Waals surface area contributed by atoms with Gasteiger partial charge >= 0.3 is 5.63 Å². The molecule has 7 heteroatoms. The maximum Gasteiger partial charge on any atom is 0.347 e. The average Bonchev–Trinajstić information content (AvgIpc) is 2.65. The second kappa shape index (κ2) is 6.87. The molecule has 7 nitrogen and oxygen atoms in total. The number of benzene rings is 2. The highest BCUT2D eigenvalue weighted by molar-refractivity contribution is 5.90. The Morgan fingerprint density at radius 3 is 2.04 bits per heavy atom. The van der Waals surface area contributed by atoms with Crippen molar-refractivity contribution in [3.8, 4) is 40.1 Å². The Hall–Kier alpha value is -3.35. The zero-order valence-electron chi connectivity index (χ0n) is 14.8. The van der Waals surface area contributed by atoms with E-state index in [9.17, 15) is 9.90 Å². The predicted molar refractivity (Wildman–Crippen MR) is 95.8 cm³/mol. The van der Waals surface area contributed by atoms with E-state index >= 15 is 0 Å². The van der Waals surface area contributed by atoms with Crippen molar-refractivity contribution in [3.05, 3.63) is 40.8 Å². The minimum atomic E-state index is -0.661. The molecule has 0 atom stereocenters. The van der Waals surface area contributed by atoms with Gasteiger partial charge in [-0.1, -0.05) is 0 Å². The summed E-state index contributed by atoms with van der Waals surface area (Å²) in [5.74, 6) is 1.80. The Kier molecular flexibility index (Phi) is 4.62. The van der Waals surface area contributed by atoms with Crippen LogP contribution in [0.25, 0.3) is 22.1 Å². The summed E-state index contributed by atoms with van der Waals surface area (Å²) in [7, 11) is 5.98. The van der Waals surface area contributed by atoms with Crippen molar-refractivity contribution in [2.75, 3.05) is 28.4 Å². The monoisotopic (exact) mass is 358 g/mol. The number of phenolic OH excluding ortho intramolecular Hbond substituents is 1. The van der Waals surface area contributed by atoms with Gasteiger partial charge in [0.25, 0.3) is 0 Å². The fourth-order valence-electron chi connectivity index (χ4n) is 2.76. The molecule has 0 saturated heterocycles. The maximum absolute atomic E-state index is 12.4. The van der Waals surface area contributed by atoms with Crippen molar-refractivity contribution in [2.45, 2.75) is 0 Å². The molecule has 0 aliphatic carbocycles. The quantitative estimate of drug-likeness (QED) is 0.749. The molecule has 0 aliphatic rings. The predicted octanol–water partition coefficient (Wildman–Crippen LogP) is 3.20. The molecule has 2 aromatic carbocycles. The Bertz CT molecular complexity index is 995. The Balaban J connectivity index is 2.27. The van der Waals surface area contributed by atoms with Crippen molar-refractivity contribution >= 4 is 10.8 Å². The van der Waals surface area contributed by atoms with Gasteiger partial charge < -0.3 is 28.5 Å². The van der Waals surface area contributed by atoms with Gasteiger partial charge in [0, 0.05) is 17.0 Å². The maximum atomic E-state index is 12.4. The minimum Gasteiger partial charge on any atom is -0.507 e. The van der Waals surface area contributed by atoms with E-state index in [0.717, 1.165) is 0 Å². The van der Waals surface area contributed by atoms with Crippen LogP contribution in [0.4, 0.5) is 0 Å². The highest BCUT2D eigenvalue weighted by Crippen LogP contribution is 2.41. The second-order valence-corrected chi connectivity index (χ2v) is 5.42. The van der Waals surface area contributed by atoms with Crippen LogP contribution in [0.3, 0.4) is 0 Å². The van der Waals surface area contributed by atoms with E-state index in [2.05, 4.69) is 0 Å². The molecule has 0 radical (unpaired) electrons. The average molecular weight is 358 g/mol. The first-order valence-corrected chi connectivity index (χ1v) is 7.67. The number of methoxy groups -OCH3 is 4. The molecule has 136 valence electrons. The SMILES string of the molecule is COc1cc(O)c2c(=O)oc(-c3cc(OC)c(OC)c(OC)c3)cc2c1. The molecule has 3 rings (SSSR count). The zero-order chi connectivity index (χ0) is 18.8. The Labute approximate surface area is 149 Å². The number of hydrogen-bond acceptors (Lipinski definition) is 7. The molecule has 0 fully saturated rings. The molecular weight excluding hydrogens is 340 g/mol. The van der Waals surface area contributed by atoms with Gasteiger partial charge in [0.2, 0.25) is 5.75 Å². The summed E-state index contributed by atoms with van der Waals surface area (Å²) in [6.07, 6.45) is 0. The second-order valence-electron chi connectivity index (χ2n) is 5.42. The first kappa shape index (κ1) is 17.5. The number of rotatable bonds is 5. The molecule has 0 aliphatic heterocycles. The lowest BCUT2D eigenvalue weighted by Gasteiger charge is -2.14. The lowest BCUT2D eigenvalue weighted by atomic mass is 10.1. The van der Waals surface area contributed by atoms with Crippen molar-refractivity contribution in [1.82, 2.24) is 0 Å². The van der Waals surface area contributed by atoms with Crippen LogP contribution in [0.1, 0.15) is 0 Å². The molecule has 0 amide bonds. The summed E-state index contributed by atoms with van der Waals surface area (Å²) in [6, 6.07) is 7.99. The smallest absolute Gasteiger partial charge is 0.347 e. The van der Waals surface area contributed by atoms with Crippen LogP contribution < -0.4 is 24.6 Å². The van der Waals surface area contributed by atoms with E-state index in [0.29, 0.717) is 33.9 Å². The van der Waals surface area contributed by atoms with Crippen molar-refractivity contribution in [3.63, 3.8) is 0 Å². The lowest BCUT2D eigenvalue weighted by Crippen LogP contribution is -2.02. The van der Waals surface area contributed by atoms with E-state index in [4.69, 9.17) is 23.4 Å². The Morgan fingerprint density at radius 2 is 1.50 bits per heavy atom. The van der Waals surface area contributed by atoms with Gasteiger partial charge in [-0.2, -0.15) is 0 Å². The van der Waals surface area contributed by atoms with Crippen LogP contribution in [-0.4, -0.2) is 33.5 Å². The van der Waals surface area contributed by atoms with E-state index < -0.39 is 5.63 Å². The number of aromatic hydroxyl groups is 1. The standard InChI is InChI=1S/C19H18O7/c1-22-12-5-11-8-14(26-19(21)17(11)13(20)9-12)10-6-15(23-2)18(25-4)16(7-10)24-3/h5-9,20H,1-4H3. The van der Waals surface area contributed by atoms with Gasteiger partial charge in [-0.3, -0.25) is 0 Å². The summed E-state index contributed by atoms with van der Waals surface area (Å²) in [5, 5.41) is 10.6. The highest BCUT2D eigenvalue weighted by atomic mass is 16.5. The molecule has 3 aromatic rings. The van der Waals surface area contributed by atoms with Crippen molar-refractivity contribution in [2.24, 2.45) is 0 Å². The number of hydrogen-bond donors (Lipinski definition) is 1. The minimum absolute atomic E-state index is 0.0852. The normalized spacial score (nSPS) is 10.6. The summed E-state index contributed by atoms with van der Waals surface area (Å²) in [4.78, 5) is 12.4. The van der Waals surface area contributed by atoms with Crippen LogP contribution in [0, 0.1) is 0 Å². The molecule has 1 N–H and O–H groups in total. The number of ether oxygens (including phenoxy) is 4. The van der Waals surface area contributed by atoms with Crippen molar-refractivity contribution < 1.29 is 28.5 Å².